The van der Waals surface area contributed by atoms with Gasteiger partial charge in [-0.3, -0.25) is 5.10 Å². The summed E-state index contributed by atoms with van der Waals surface area (Å²) in [7, 11) is 0. The van der Waals surface area contributed by atoms with E-state index in [1.807, 2.05) is 0 Å². The van der Waals surface area contributed by atoms with Crippen molar-refractivity contribution >= 4 is 33.3 Å². The van der Waals surface area contributed by atoms with E-state index in [1.165, 1.54) is 6.20 Å². The second-order valence-electron chi connectivity index (χ2n) is 2.38. The van der Waals surface area contributed by atoms with Crippen LogP contribution in [-0.2, 0) is 0 Å². The smallest absolute Gasteiger partial charge is 0.444 e. The average molecular weight is 191 g/mol. The molecule has 0 saturated carbocycles. The number of aromatic nitrogens is 2. The van der Waals surface area contributed by atoms with Gasteiger partial charge in [-0.15, -0.1) is 0 Å². The molecule has 0 unspecified atom stereocenters. The highest BCUT2D eigenvalue weighted by Gasteiger charge is 2.27. The Morgan fingerprint density at radius 1 is 1.42 bits per heavy atom. The summed E-state index contributed by atoms with van der Waals surface area (Å²) in [4.78, 5) is 0.476. The van der Waals surface area contributed by atoms with Crippen LogP contribution in [0, 0.1) is 0 Å². The van der Waals surface area contributed by atoms with Crippen LogP contribution in [0.1, 0.15) is 0 Å². The topological polar surface area (TPSA) is 28.7 Å². The molecule has 2 rings (SSSR count). The van der Waals surface area contributed by atoms with Crippen molar-refractivity contribution in [3.8, 4) is 0 Å². The summed E-state index contributed by atoms with van der Waals surface area (Å²) >= 11 is 0.696. The van der Waals surface area contributed by atoms with E-state index in [9.17, 15) is 12.9 Å². The first-order chi connectivity index (χ1) is 5.57. The molecule has 0 bridgehead atoms. The quantitative estimate of drug-likeness (QED) is 0.682. The van der Waals surface area contributed by atoms with Gasteiger partial charge in [0, 0.05) is 5.39 Å². The molecule has 0 aliphatic rings. The van der Waals surface area contributed by atoms with E-state index >= 15 is 0 Å². The van der Waals surface area contributed by atoms with Crippen molar-refractivity contribution in [3.63, 3.8) is 0 Å². The van der Waals surface area contributed by atoms with Crippen molar-refractivity contribution < 1.29 is 12.9 Å². The molecule has 0 atom stereocenters. The van der Waals surface area contributed by atoms with Gasteiger partial charge in [-0.2, -0.15) is 16.4 Å². The number of fused-ring (bicyclic) bond motifs is 1. The lowest BCUT2D eigenvalue weighted by Gasteiger charge is -2.09. The predicted molar refractivity (Wildman–Crippen MR) is 42.7 cm³/mol. The summed E-state index contributed by atoms with van der Waals surface area (Å²) < 4.78 is 35.9. The van der Waals surface area contributed by atoms with Gasteiger partial charge >= 0.3 is 6.98 Å². The largest absolute Gasteiger partial charge is 0.519 e. The zero-order chi connectivity index (χ0) is 8.77. The first-order valence-electron chi connectivity index (χ1n) is 3.20. The van der Waals surface area contributed by atoms with Gasteiger partial charge < -0.3 is 12.9 Å². The number of halogens is 3. The molecule has 0 amide bonds. The Kier molecular flexibility index (Phi) is 1.44. The standard InChI is InChI=1S/C5H3BF3N2S/c7-6(8,9)4-1-3-2-10-11-5(3)12-4/h1-2H,(H,10,11)/q-1. The molecule has 64 valence electrons. The highest BCUT2D eigenvalue weighted by Crippen LogP contribution is 2.21. The normalized spacial score (nSPS) is 12.6. The van der Waals surface area contributed by atoms with Crippen LogP contribution < -0.4 is 4.78 Å². The molecule has 7 heteroatoms. The van der Waals surface area contributed by atoms with Crippen LogP contribution in [0.4, 0.5) is 12.9 Å². The Morgan fingerprint density at radius 2 is 2.17 bits per heavy atom. The minimum Gasteiger partial charge on any atom is -0.444 e. The summed E-state index contributed by atoms with van der Waals surface area (Å²) in [6.45, 7) is -4.86. The monoisotopic (exact) mass is 191 g/mol. The van der Waals surface area contributed by atoms with Gasteiger partial charge in [0.2, 0.25) is 0 Å². The highest BCUT2D eigenvalue weighted by molar-refractivity contribution is 7.29. The molecule has 12 heavy (non-hydrogen) atoms. The van der Waals surface area contributed by atoms with Gasteiger partial charge in [-0.1, -0.05) is 10.8 Å². The van der Waals surface area contributed by atoms with Crippen LogP contribution >= 0.6 is 11.3 Å². The van der Waals surface area contributed by atoms with Crippen LogP contribution in [0.2, 0.25) is 0 Å². The van der Waals surface area contributed by atoms with E-state index in [1.54, 1.807) is 0 Å². The number of aromatic amines is 1. The minimum atomic E-state index is -4.86. The van der Waals surface area contributed by atoms with Gasteiger partial charge in [-0.05, 0) is 0 Å². The van der Waals surface area contributed by atoms with Crippen molar-refractivity contribution in [1.29, 1.82) is 0 Å². The first-order valence-corrected chi connectivity index (χ1v) is 4.02. The second-order valence-corrected chi connectivity index (χ2v) is 3.46. The lowest BCUT2D eigenvalue weighted by Crippen LogP contribution is -2.30. The van der Waals surface area contributed by atoms with Crippen molar-refractivity contribution in [2.24, 2.45) is 0 Å². The molecule has 0 aliphatic heterocycles. The Balaban J connectivity index is 2.59. The molecule has 2 aromatic rings. The summed E-state index contributed by atoms with van der Waals surface area (Å²) in [6, 6.07) is 1.11. The third kappa shape index (κ3) is 1.10. The molecule has 0 aliphatic carbocycles. The van der Waals surface area contributed by atoms with Gasteiger partial charge in [-0.25, -0.2) is 0 Å². The molecule has 2 aromatic heterocycles. The number of hydrogen-bond acceptors (Lipinski definition) is 2. The number of nitrogens with zero attached hydrogens (tertiary/aromatic N) is 1. The minimum absolute atomic E-state index is 0.476. The van der Waals surface area contributed by atoms with E-state index < -0.39 is 11.8 Å². The molecular weight excluding hydrogens is 188 g/mol. The number of H-pyrrole nitrogens is 1. The number of thiophene rings is 1. The highest BCUT2D eigenvalue weighted by atomic mass is 32.1. The van der Waals surface area contributed by atoms with Gasteiger partial charge in [0.15, 0.2) is 0 Å². The molecule has 0 spiro atoms. The van der Waals surface area contributed by atoms with Crippen LogP contribution in [0.3, 0.4) is 0 Å². The molecule has 0 radical (unpaired) electrons. The molecule has 0 aromatic carbocycles. The van der Waals surface area contributed by atoms with Gasteiger partial charge in [0.05, 0.1) is 6.20 Å². The second kappa shape index (κ2) is 2.26. The van der Waals surface area contributed by atoms with E-state index in [0.717, 1.165) is 6.07 Å². The van der Waals surface area contributed by atoms with E-state index in [-0.39, 0.29) is 0 Å². The lowest BCUT2D eigenvalue weighted by atomic mass is 9.89. The Morgan fingerprint density at radius 3 is 2.75 bits per heavy atom. The van der Waals surface area contributed by atoms with Crippen molar-refractivity contribution in [2.45, 2.75) is 0 Å². The maximum Gasteiger partial charge on any atom is 0.519 e. The summed E-state index contributed by atoms with van der Waals surface area (Å²) in [5.74, 6) is 0. The maximum atomic E-state index is 12.1. The van der Waals surface area contributed by atoms with Crippen molar-refractivity contribution in [3.05, 3.63) is 12.3 Å². The van der Waals surface area contributed by atoms with E-state index in [2.05, 4.69) is 10.2 Å². The predicted octanol–water partition coefficient (Wildman–Crippen LogP) is 1.68. The molecular formula is C5H3BF3N2S-. The third-order valence-corrected chi connectivity index (χ3v) is 2.62. The fourth-order valence-corrected chi connectivity index (χ4v) is 1.81. The molecule has 1 N–H and O–H groups in total. The molecule has 0 fully saturated rings. The number of rotatable bonds is 1. The van der Waals surface area contributed by atoms with Crippen LogP contribution in [0.25, 0.3) is 10.2 Å². The maximum absolute atomic E-state index is 12.1. The van der Waals surface area contributed by atoms with Crippen molar-refractivity contribution in [2.75, 3.05) is 0 Å². The third-order valence-electron chi connectivity index (χ3n) is 1.47. The first kappa shape index (κ1) is 7.66. The van der Waals surface area contributed by atoms with Gasteiger partial charge in [0.25, 0.3) is 0 Å². The zero-order valence-corrected chi connectivity index (χ0v) is 6.54. The van der Waals surface area contributed by atoms with Crippen LogP contribution in [0.15, 0.2) is 12.3 Å². The fourth-order valence-electron chi connectivity index (χ4n) is 0.930. The molecule has 2 heterocycles. The van der Waals surface area contributed by atoms with Gasteiger partial charge in [0.1, 0.15) is 4.83 Å². The Labute approximate surface area is 69.5 Å². The summed E-state index contributed by atoms with van der Waals surface area (Å²) in [6.07, 6.45) is 1.39. The van der Waals surface area contributed by atoms with Crippen molar-refractivity contribution in [1.82, 2.24) is 10.2 Å². The molecule has 2 nitrogen and oxygen atoms in total. The number of hydrogen-bond donors (Lipinski definition) is 1. The van der Waals surface area contributed by atoms with Crippen LogP contribution in [-0.4, -0.2) is 17.2 Å². The Hall–Kier alpha value is -0.975. The summed E-state index contributed by atoms with van der Waals surface area (Å²) in [5, 5.41) is 6.62. The molecule has 0 saturated heterocycles. The Bertz CT molecular complexity index is 375. The average Bonchev–Trinajstić information content (AvgIpc) is 2.37. The van der Waals surface area contributed by atoms with E-state index in [4.69, 9.17) is 0 Å². The fraction of sp³-hybridized carbons (Fsp3) is 0. The SMILES string of the molecule is F[B-](F)(F)c1cc2cn[nH]c2s1. The lowest BCUT2D eigenvalue weighted by molar-refractivity contribution is 0.503. The van der Waals surface area contributed by atoms with E-state index in [0.29, 0.717) is 21.6 Å². The summed E-state index contributed by atoms with van der Waals surface area (Å²) in [5.41, 5.74) is 0. The zero-order valence-electron chi connectivity index (χ0n) is 5.72. The van der Waals surface area contributed by atoms with Crippen LogP contribution in [0.5, 0.6) is 0 Å². The number of nitrogens with one attached hydrogen (secondary N) is 1.